The number of benzene rings is 1. The number of nitrogens with zero attached hydrogens (tertiary/aromatic N) is 2. The lowest BCUT2D eigenvalue weighted by molar-refractivity contribution is 0.0493. The number of esters is 1. The summed E-state index contributed by atoms with van der Waals surface area (Å²) in [5.74, 6) is -2.08. The number of unbranched alkanes of at least 4 members (excludes halogenated alkanes) is 1. The molecule has 1 aromatic carbocycles. The molecule has 134 valence electrons. The summed E-state index contributed by atoms with van der Waals surface area (Å²) in [5.41, 5.74) is 0.553. The van der Waals surface area contributed by atoms with Gasteiger partial charge in [-0.05, 0) is 18.6 Å². The SMILES string of the molecule is CCCCOC(=O)c1cc(N2CCOCC2)c2cc(F)cc(F)c2n1. The zero-order valence-corrected chi connectivity index (χ0v) is 14.1. The predicted octanol–water partition coefficient (Wildman–Crippen LogP) is 3.31. The van der Waals surface area contributed by atoms with Crippen molar-refractivity contribution >= 4 is 22.6 Å². The summed E-state index contributed by atoms with van der Waals surface area (Å²) in [5, 5.41) is 0.338. The molecule has 1 aromatic heterocycles. The fourth-order valence-corrected chi connectivity index (χ4v) is 2.79. The average Bonchev–Trinajstić information content (AvgIpc) is 2.62. The number of anilines is 1. The summed E-state index contributed by atoms with van der Waals surface area (Å²) < 4.78 is 38.5. The summed E-state index contributed by atoms with van der Waals surface area (Å²) in [4.78, 5) is 18.3. The molecule has 1 saturated heterocycles. The Morgan fingerprint density at radius 1 is 1.28 bits per heavy atom. The first-order chi connectivity index (χ1) is 12.1. The number of aromatic nitrogens is 1. The molecule has 0 amide bonds. The molecule has 3 rings (SSSR count). The van der Waals surface area contributed by atoms with Crippen LogP contribution in [0.15, 0.2) is 18.2 Å². The third kappa shape index (κ3) is 3.87. The van der Waals surface area contributed by atoms with Gasteiger partial charge in [0.2, 0.25) is 0 Å². The topological polar surface area (TPSA) is 51.7 Å². The van der Waals surface area contributed by atoms with Crippen molar-refractivity contribution in [1.29, 1.82) is 0 Å². The van der Waals surface area contributed by atoms with Gasteiger partial charge in [-0.3, -0.25) is 0 Å². The number of halogens is 2. The number of hydrogen-bond acceptors (Lipinski definition) is 5. The zero-order valence-electron chi connectivity index (χ0n) is 14.1. The average molecular weight is 350 g/mol. The number of carbonyl (C=O) groups excluding carboxylic acids is 1. The molecule has 0 bridgehead atoms. The summed E-state index contributed by atoms with van der Waals surface area (Å²) in [6, 6.07) is 3.55. The van der Waals surface area contributed by atoms with Gasteiger partial charge in [0.1, 0.15) is 11.3 Å². The summed E-state index contributed by atoms with van der Waals surface area (Å²) in [6.45, 7) is 4.44. The van der Waals surface area contributed by atoms with Crippen LogP contribution in [-0.4, -0.2) is 43.9 Å². The van der Waals surface area contributed by atoms with Crippen molar-refractivity contribution in [2.45, 2.75) is 19.8 Å². The van der Waals surface area contributed by atoms with E-state index in [1.54, 1.807) is 6.07 Å². The van der Waals surface area contributed by atoms with E-state index in [4.69, 9.17) is 9.47 Å². The van der Waals surface area contributed by atoms with Gasteiger partial charge in [0.25, 0.3) is 0 Å². The number of rotatable bonds is 5. The molecule has 0 unspecified atom stereocenters. The molecule has 1 aliphatic heterocycles. The molecule has 25 heavy (non-hydrogen) atoms. The summed E-state index contributed by atoms with van der Waals surface area (Å²) >= 11 is 0. The molecule has 0 saturated carbocycles. The summed E-state index contributed by atoms with van der Waals surface area (Å²) in [6.07, 6.45) is 1.64. The van der Waals surface area contributed by atoms with E-state index in [-0.39, 0.29) is 17.8 Å². The van der Waals surface area contributed by atoms with Crippen LogP contribution < -0.4 is 4.90 Å². The number of hydrogen-bond donors (Lipinski definition) is 0. The second kappa shape index (κ2) is 7.74. The van der Waals surface area contributed by atoms with Gasteiger partial charge in [-0.25, -0.2) is 18.6 Å². The number of ether oxygens (including phenoxy) is 2. The van der Waals surface area contributed by atoms with E-state index in [2.05, 4.69) is 4.98 Å². The van der Waals surface area contributed by atoms with Crippen LogP contribution in [0.2, 0.25) is 0 Å². The van der Waals surface area contributed by atoms with Gasteiger partial charge in [0.15, 0.2) is 11.5 Å². The van der Waals surface area contributed by atoms with Crippen LogP contribution >= 0.6 is 0 Å². The standard InChI is InChI=1S/C18H20F2N2O3/c1-2-3-6-25-18(23)15-11-16(22-4-7-24-8-5-22)13-9-12(19)10-14(20)17(13)21-15/h9-11H,2-8H2,1H3. The minimum Gasteiger partial charge on any atom is -0.461 e. The molecule has 2 aromatic rings. The van der Waals surface area contributed by atoms with E-state index < -0.39 is 17.6 Å². The quantitative estimate of drug-likeness (QED) is 0.612. The Balaban J connectivity index is 2.05. The van der Waals surface area contributed by atoms with Gasteiger partial charge in [-0.2, -0.15) is 0 Å². The first-order valence-electron chi connectivity index (χ1n) is 8.39. The minimum atomic E-state index is -0.798. The molecule has 0 aliphatic carbocycles. The molecule has 1 fully saturated rings. The molecule has 0 radical (unpaired) electrons. The Morgan fingerprint density at radius 2 is 2.04 bits per heavy atom. The van der Waals surface area contributed by atoms with Gasteiger partial charge < -0.3 is 14.4 Å². The van der Waals surface area contributed by atoms with Gasteiger partial charge >= 0.3 is 5.97 Å². The van der Waals surface area contributed by atoms with Crippen LogP contribution in [0.3, 0.4) is 0 Å². The summed E-state index contributed by atoms with van der Waals surface area (Å²) in [7, 11) is 0. The fraction of sp³-hybridized carbons (Fsp3) is 0.444. The third-order valence-corrected chi connectivity index (χ3v) is 4.10. The van der Waals surface area contributed by atoms with Crippen molar-refractivity contribution in [3.8, 4) is 0 Å². The molecule has 0 atom stereocenters. The van der Waals surface area contributed by atoms with E-state index in [0.29, 0.717) is 37.4 Å². The van der Waals surface area contributed by atoms with Crippen molar-refractivity contribution in [3.63, 3.8) is 0 Å². The van der Waals surface area contributed by atoms with Crippen molar-refractivity contribution < 1.29 is 23.0 Å². The lowest BCUT2D eigenvalue weighted by Gasteiger charge is -2.30. The first kappa shape index (κ1) is 17.5. The molecule has 7 heteroatoms. The number of pyridine rings is 1. The van der Waals surface area contributed by atoms with Crippen LogP contribution in [0.25, 0.3) is 10.9 Å². The highest BCUT2D eigenvalue weighted by molar-refractivity contribution is 5.98. The molecule has 2 heterocycles. The lowest BCUT2D eigenvalue weighted by Crippen LogP contribution is -2.36. The molecule has 0 spiro atoms. The van der Waals surface area contributed by atoms with Gasteiger partial charge in [0.05, 0.1) is 19.8 Å². The van der Waals surface area contributed by atoms with Crippen molar-refractivity contribution in [2.24, 2.45) is 0 Å². The van der Waals surface area contributed by atoms with Crippen molar-refractivity contribution in [1.82, 2.24) is 4.98 Å². The second-order valence-electron chi connectivity index (χ2n) is 5.90. The van der Waals surface area contributed by atoms with E-state index >= 15 is 0 Å². The Kier molecular flexibility index (Phi) is 5.43. The number of fused-ring (bicyclic) bond motifs is 1. The Labute approximate surface area is 144 Å². The maximum atomic E-state index is 14.2. The number of carbonyl (C=O) groups is 1. The molecule has 0 N–H and O–H groups in total. The monoisotopic (exact) mass is 350 g/mol. The largest absolute Gasteiger partial charge is 0.461 e. The van der Waals surface area contributed by atoms with Crippen LogP contribution in [0.5, 0.6) is 0 Å². The first-order valence-corrected chi connectivity index (χ1v) is 8.39. The molecule has 5 nitrogen and oxygen atoms in total. The predicted molar refractivity (Wildman–Crippen MR) is 89.9 cm³/mol. The van der Waals surface area contributed by atoms with Crippen LogP contribution in [0.1, 0.15) is 30.3 Å². The Morgan fingerprint density at radius 3 is 2.76 bits per heavy atom. The lowest BCUT2D eigenvalue weighted by atomic mass is 10.1. The molecular weight excluding hydrogens is 330 g/mol. The van der Waals surface area contributed by atoms with Crippen LogP contribution in [-0.2, 0) is 9.47 Å². The smallest absolute Gasteiger partial charge is 0.357 e. The van der Waals surface area contributed by atoms with E-state index in [0.717, 1.165) is 18.9 Å². The van der Waals surface area contributed by atoms with Crippen LogP contribution in [0.4, 0.5) is 14.5 Å². The second-order valence-corrected chi connectivity index (χ2v) is 5.90. The van der Waals surface area contributed by atoms with Gasteiger partial charge in [-0.1, -0.05) is 13.3 Å². The van der Waals surface area contributed by atoms with E-state index in [1.165, 1.54) is 6.07 Å². The zero-order chi connectivity index (χ0) is 17.8. The normalized spacial score (nSPS) is 14.8. The molecule has 1 aliphatic rings. The highest BCUT2D eigenvalue weighted by Gasteiger charge is 2.21. The maximum absolute atomic E-state index is 14.2. The van der Waals surface area contributed by atoms with Crippen molar-refractivity contribution in [2.75, 3.05) is 37.8 Å². The van der Waals surface area contributed by atoms with E-state index in [1.807, 2.05) is 11.8 Å². The highest BCUT2D eigenvalue weighted by atomic mass is 19.1. The maximum Gasteiger partial charge on any atom is 0.357 e. The number of morpholine rings is 1. The highest BCUT2D eigenvalue weighted by Crippen LogP contribution is 2.30. The third-order valence-electron chi connectivity index (χ3n) is 4.10. The van der Waals surface area contributed by atoms with Crippen molar-refractivity contribution in [3.05, 3.63) is 35.5 Å². The van der Waals surface area contributed by atoms with Gasteiger partial charge in [-0.15, -0.1) is 0 Å². The minimum absolute atomic E-state index is 0.0237. The fourth-order valence-electron chi connectivity index (χ4n) is 2.79. The van der Waals surface area contributed by atoms with E-state index in [9.17, 15) is 13.6 Å². The van der Waals surface area contributed by atoms with Gasteiger partial charge in [0, 0.05) is 30.2 Å². The Hall–Kier alpha value is -2.28. The van der Waals surface area contributed by atoms with Crippen LogP contribution in [0, 0.1) is 11.6 Å². The molecular formula is C18H20F2N2O3. The Bertz CT molecular complexity index is 776.